The number of aryl methyl sites for hydroxylation is 1. The molecule has 0 aliphatic carbocycles. The van der Waals surface area contributed by atoms with E-state index < -0.39 is 0 Å². The molecule has 1 aliphatic rings. The molecule has 1 N–H and O–H groups in total. The Kier molecular flexibility index (Phi) is 5.71. The van der Waals surface area contributed by atoms with Gasteiger partial charge in [-0.3, -0.25) is 4.90 Å². The molecule has 25 heavy (non-hydrogen) atoms. The Morgan fingerprint density at radius 2 is 1.92 bits per heavy atom. The van der Waals surface area contributed by atoms with Gasteiger partial charge in [0.1, 0.15) is 6.26 Å². The molecule has 0 bridgehead atoms. The van der Waals surface area contributed by atoms with Crippen LogP contribution in [0.3, 0.4) is 0 Å². The number of nitrogens with zero attached hydrogens (tertiary/aromatic N) is 3. The van der Waals surface area contributed by atoms with Gasteiger partial charge in [0, 0.05) is 45.3 Å². The molecule has 3 rings (SSSR count). The second kappa shape index (κ2) is 8.16. The van der Waals surface area contributed by atoms with Crippen LogP contribution in [0.25, 0.3) is 0 Å². The third-order valence-electron chi connectivity index (χ3n) is 4.74. The first-order chi connectivity index (χ1) is 12.1. The van der Waals surface area contributed by atoms with Crippen LogP contribution in [0.5, 0.6) is 0 Å². The summed E-state index contributed by atoms with van der Waals surface area (Å²) >= 11 is 0. The molecule has 1 unspecified atom stereocenters. The van der Waals surface area contributed by atoms with Crippen LogP contribution in [0, 0.1) is 6.92 Å². The predicted molar refractivity (Wildman–Crippen MR) is 96.3 cm³/mol. The highest BCUT2D eigenvalue weighted by atomic mass is 16.5. The van der Waals surface area contributed by atoms with Crippen LogP contribution in [0.1, 0.15) is 29.7 Å². The molecule has 2 aromatic rings. The van der Waals surface area contributed by atoms with Crippen molar-refractivity contribution in [2.75, 3.05) is 32.7 Å². The standard InChI is InChI=1S/C19H26N4O2/c1-15-3-5-17(6-4-15)16(2)13-20-19(24)23-10-8-22(9-11-23)14-18-7-12-25-21-18/h3-7,12,16H,8-11,13-14H2,1-2H3,(H,20,24). The average Bonchev–Trinajstić information content (AvgIpc) is 3.13. The molecule has 134 valence electrons. The molecule has 1 aromatic carbocycles. The van der Waals surface area contributed by atoms with Gasteiger partial charge in [-0.05, 0) is 18.4 Å². The molecule has 1 fully saturated rings. The molecule has 1 saturated heterocycles. The van der Waals surface area contributed by atoms with Gasteiger partial charge in [0.15, 0.2) is 0 Å². The van der Waals surface area contributed by atoms with Gasteiger partial charge < -0.3 is 14.7 Å². The highest BCUT2D eigenvalue weighted by molar-refractivity contribution is 5.74. The van der Waals surface area contributed by atoms with Gasteiger partial charge in [0.25, 0.3) is 0 Å². The van der Waals surface area contributed by atoms with Crippen molar-refractivity contribution in [2.45, 2.75) is 26.3 Å². The van der Waals surface area contributed by atoms with E-state index in [2.05, 4.69) is 53.5 Å². The number of carbonyl (C=O) groups is 1. The van der Waals surface area contributed by atoms with Crippen LogP contribution in [-0.4, -0.2) is 53.7 Å². The minimum absolute atomic E-state index is 0.0278. The molecule has 0 radical (unpaired) electrons. The molecule has 0 saturated carbocycles. The first-order valence-electron chi connectivity index (χ1n) is 8.83. The number of nitrogens with one attached hydrogen (secondary N) is 1. The number of piperazine rings is 1. The summed E-state index contributed by atoms with van der Waals surface area (Å²) < 4.78 is 4.86. The summed E-state index contributed by atoms with van der Waals surface area (Å²) in [6.45, 7) is 8.84. The summed E-state index contributed by atoms with van der Waals surface area (Å²) in [5.41, 5.74) is 3.44. The summed E-state index contributed by atoms with van der Waals surface area (Å²) in [4.78, 5) is 16.6. The largest absolute Gasteiger partial charge is 0.364 e. The minimum atomic E-state index is 0.0278. The Bertz CT molecular complexity index is 661. The van der Waals surface area contributed by atoms with E-state index in [0.717, 1.165) is 38.4 Å². The number of hydrogen-bond donors (Lipinski definition) is 1. The maximum atomic E-state index is 12.4. The lowest BCUT2D eigenvalue weighted by Gasteiger charge is -2.34. The van der Waals surface area contributed by atoms with Crippen molar-refractivity contribution in [1.82, 2.24) is 20.3 Å². The highest BCUT2D eigenvalue weighted by Crippen LogP contribution is 2.15. The third-order valence-corrected chi connectivity index (χ3v) is 4.74. The molecule has 6 nitrogen and oxygen atoms in total. The lowest BCUT2D eigenvalue weighted by Crippen LogP contribution is -2.51. The zero-order chi connectivity index (χ0) is 17.6. The molecule has 0 spiro atoms. The average molecular weight is 342 g/mol. The van der Waals surface area contributed by atoms with E-state index in [4.69, 9.17) is 4.52 Å². The Balaban J connectivity index is 1.41. The number of benzene rings is 1. The lowest BCUT2D eigenvalue weighted by molar-refractivity contribution is 0.133. The van der Waals surface area contributed by atoms with Crippen LogP contribution >= 0.6 is 0 Å². The van der Waals surface area contributed by atoms with E-state index in [9.17, 15) is 4.79 Å². The van der Waals surface area contributed by atoms with Crippen molar-refractivity contribution in [3.05, 3.63) is 53.4 Å². The Morgan fingerprint density at radius 1 is 1.20 bits per heavy atom. The number of hydrogen-bond acceptors (Lipinski definition) is 4. The van der Waals surface area contributed by atoms with Crippen molar-refractivity contribution < 1.29 is 9.32 Å². The van der Waals surface area contributed by atoms with E-state index in [1.807, 2.05) is 11.0 Å². The number of amides is 2. The number of rotatable bonds is 5. The normalized spacial score (nSPS) is 16.6. The first-order valence-corrected chi connectivity index (χ1v) is 8.83. The van der Waals surface area contributed by atoms with Crippen molar-refractivity contribution in [2.24, 2.45) is 0 Å². The summed E-state index contributed by atoms with van der Waals surface area (Å²) in [7, 11) is 0. The van der Waals surface area contributed by atoms with Crippen molar-refractivity contribution in [3.8, 4) is 0 Å². The molecule has 1 aromatic heterocycles. The minimum Gasteiger partial charge on any atom is -0.364 e. The summed E-state index contributed by atoms with van der Waals surface area (Å²) in [5, 5.41) is 7.00. The summed E-state index contributed by atoms with van der Waals surface area (Å²) in [6.07, 6.45) is 1.59. The maximum Gasteiger partial charge on any atom is 0.317 e. The monoisotopic (exact) mass is 342 g/mol. The topological polar surface area (TPSA) is 61.6 Å². The summed E-state index contributed by atoms with van der Waals surface area (Å²) in [6, 6.07) is 10.4. The molecular formula is C19H26N4O2. The molecule has 1 aliphatic heterocycles. The Hall–Kier alpha value is -2.34. The number of carbonyl (C=O) groups excluding carboxylic acids is 1. The fourth-order valence-electron chi connectivity index (χ4n) is 3.02. The summed E-state index contributed by atoms with van der Waals surface area (Å²) in [5.74, 6) is 0.304. The van der Waals surface area contributed by atoms with Crippen molar-refractivity contribution in [1.29, 1.82) is 0 Å². The third kappa shape index (κ3) is 4.82. The van der Waals surface area contributed by atoms with E-state index in [1.54, 1.807) is 6.26 Å². The van der Waals surface area contributed by atoms with Crippen molar-refractivity contribution in [3.63, 3.8) is 0 Å². The van der Waals surface area contributed by atoms with Crippen LogP contribution in [-0.2, 0) is 6.54 Å². The predicted octanol–water partition coefficient (Wildman–Crippen LogP) is 2.61. The molecule has 1 atom stereocenters. The van der Waals surface area contributed by atoms with Gasteiger partial charge in [-0.1, -0.05) is 41.9 Å². The van der Waals surface area contributed by atoms with Crippen molar-refractivity contribution >= 4 is 6.03 Å². The van der Waals surface area contributed by atoms with E-state index in [-0.39, 0.29) is 6.03 Å². The van der Waals surface area contributed by atoms with Crippen LogP contribution in [0.15, 0.2) is 41.1 Å². The maximum absolute atomic E-state index is 12.4. The SMILES string of the molecule is Cc1ccc(C(C)CNC(=O)N2CCN(Cc3ccon3)CC2)cc1. The van der Waals surface area contributed by atoms with Gasteiger partial charge in [0.05, 0.1) is 5.69 Å². The van der Waals surface area contributed by atoms with Gasteiger partial charge in [-0.2, -0.15) is 0 Å². The van der Waals surface area contributed by atoms with Gasteiger partial charge in [-0.25, -0.2) is 4.79 Å². The quantitative estimate of drug-likeness (QED) is 0.907. The number of aromatic nitrogens is 1. The van der Waals surface area contributed by atoms with Crippen LogP contribution in [0.2, 0.25) is 0 Å². The van der Waals surface area contributed by atoms with Gasteiger partial charge in [0.2, 0.25) is 0 Å². The molecule has 2 heterocycles. The van der Waals surface area contributed by atoms with E-state index >= 15 is 0 Å². The van der Waals surface area contributed by atoms with Crippen LogP contribution < -0.4 is 5.32 Å². The lowest BCUT2D eigenvalue weighted by atomic mass is 10.0. The fraction of sp³-hybridized carbons (Fsp3) is 0.474. The second-order valence-electron chi connectivity index (χ2n) is 6.75. The Labute approximate surface area is 148 Å². The van der Waals surface area contributed by atoms with E-state index in [0.29, 0.717) is 12.5 Å². The number of urea groups is 1. The Morgan fingerprint density at radius 3 is 2.56 bits per heavy atom. The first kappa shape index (κ1) is 17.5. The smallest absolute Gasteiger partial charge is 0.317 e. The van der Waals surface area contributed by atoms with Gasteiger partial charge in [-0.15, -0.1) is 0 Å². The van der Waals surface area contributed by atoms with Crippen LogP contribution in [0.4, 0.5) is 4.79 Å². The fourth-order valence-corrected chi connectivity index (χ4v) is 3.02. The van der Waals surface area contributed by atoms with Gasteiger partial charge >= 0.3 is 6.03 Å². The zero-order valence-corrected chi connectivity index (χ0v) is 14.9. The molecule has 6 heteroatoms. The molecule has 2 amide bonds. The molecular weight excluding hydrogens is 316 g/mol. The second-order valence-corrected chi connectivity index (χ2v) is 6.75. The zero-order valence-electron chi connectivity index (χ0n) is 14.9. The van der Waals surface area contributed by atoms with E-state index in [1.165, 1.54) is 11.1 Å². The highest BCUT2D eigenvalue weighted by Gasteiger charge is 2.21.